The molecule has 2 aromatic rings. The summed E-state index contributed by atoms with van der Waals surface area (Å²) in [6.45, 7) is 4.27. The molecule has 0 aromatic heterocycles. The van der Waals surface area contributed by atoms with Crippen LogP contribution in [-0.4, -0.2) is 20.1 Å². The van der Waals surface area contributed by atoms with E-state index < -0.39 is 0 Å². The van der Waals surface area contributed by atoms with Crippen molar-refractivity contribution in [2.45, 2.75) is 25.8 Å². The van der Waals surface area contributed by atoms with Crippen molar-refractivity contribution >= 4 is 5.69 Å². The van der Waals surface area contributed by atoms with Crippen LogP contribution in [0.4, 0.5) is 5.69 Å². The smallest absolute Gasteiger partial charge is 0.0500 e. The molecule has 110 valence electrons. The molecule has 1 aliphatic rings. The van der Waals surface area contributed by atoms with Gasteiger partial charge in [0.15, 0.2) is 0 Å². The molecular weight excluding hydrogens is 256 g/mol. The van der Waals surface area contributed by atoms with Crippen LogP contribution in [-0.2, 0) is 12.8 Å². The summed E-state index contributed by atoms with van der Waals surface area (Å²) >= 11 is 0. The van der Waals surface area contributed by atoms with Gasteiger partial charge in [-0.05, 0) is 48.2 Å². The van der Waals surface area contributed by atoms with Gasteiger partial charge in [-0.15, -0.1) is 0 Å². The first-order valence-electron chi connectivity index (χ1n) is 7.89. The van der Waals surface area contributed by atoms with E-state index in [9.17, 15) is 0 Å². The minimum Gasteiger partial charge on any atom is -0.373 e. The van der Waals surface area contributed by atoms with Crippen molar-refractivity contribution in [1.29, 1.82) is 0 Å². The molecule has 2 aromatic carbocycles. The minimum atomic E-state index is 0.422. The molecule has 1 atom stereocenters. The summed E-state index contributed by atoms with van der Waals surface area (Å²) in [5.41, 5.74) is 5.64. The summed E-state index contributed by atoms with van der Waals surface area (Å²) in [4.78, 5) is 2.35. The van der Waals surface area contributed by atoms with E-state index >= 15 is 0 Å². The number of rotatable bonds is 4. The number of anilines is 1. The molecule has 2 heteroatoms. The zero-order valence-corrected chi connectivity index (χ0v) is 13.0. The molecule has 0 saturated carbocycles. The van der Waals surface area contributed by atoms with Crippen molar-refractivity contribution in [3.05, 3.63) is 65.2 Å². The van der Waals surface area contributed by atoms with E-state index in [1.165, 1.54) is 22.4 Å². The quantitative estimate of drug-likeness (QED) is 0.921. The van der Waals surface area contributed by atoms with Crippen LogP contribution in [0.1, 0.15) is 29.7 Å². The highest BCUT2D eigenvalue weighted by Crippen LogP contribution is 2.25. The molecule has 0 fully saturated rings. The Bertz CT molecular complexity index is 589. The van der Waals surface area contributed by atoms with Gasteiger partial charge in [0, 0.05) is 19.3 Å². The maximum absolute atomic E-state index is 3.66. The molecule has 0 aliphatic carbocycles. The number of nitrogens with zero attached hydrogens (tertiary/aromatic N) is 1. The van der Waals surface area contributed by atoms with E-state index in [1.54, 1.807) is 0 Å². The Balaban J connectivity index is 1.74. The van der Waals surface area contributed by atoms with Crippen LogP contribution < -0.4 is 10.2 Å². The Morgan fingerprint density at radius 1 is 1.10 bits per heavy atom. The zero-order valence-electron chi connectivity index (χ0n) is 13.0. The fourth-order valence-electron chi connectivity index (χ4n) is 3.12. The molecule has 0 radical (unpaired) electrons. The van der Waals surface area contributed by atoms with Gasteiger partial charge >= 0.3 is 0 Å². The Labute approximate surface area is 127 Å². The van der Waals surface area contributed by atoms with Gasteiger partial charge in [-0.3, -0.25) is 0 Å². The average Bonchev–Trinajstić information content (AvgIpc) is 2.55. The molecule has 0 spiro atoms. The van der Waals surface area contributed by atoms with Crippen LogP contribution in [0.25, 0.3) is 0 Å². The molecule has 2 nitrogen and oxygen atoms in total. The zero-order chi connectivity index (χ0) is 14.7. The van der Waals surface area contributed by atoms with Crippen molar-refractivity contribution in [2.24, 2.45) is 0 Å². The monoisotopic (exact) mass is 280 g/mol. The number of benzene rings is 2. The van der Waals surface area contributed by atoms with E-state index in [4.69, 9.17) is 0 Å². The summed E-state index contributed by atoms with van der Waals surface area (Å²) in [6.07, 6.45) is 2.24. The molecule has 0 bridgehead atoms. The standard InChI is InChI=1S/C19H24N2/c1-3-15-8-10-17(11-9-15)21(2)14-19-18-7-5-4-6-16(18)12-13-20-19/h4-11,19-20H,3,12-14H2,1-2H3. The van der Waals surface area contributed by atoms with Gasteiger partial charge in [0.2, 0.25) is 0 Å². The van der Waals surface area contributed by atoms with E-state index in [-0.39, 0.29) is 0 Å². The van der Waals surface area contributed by atoms with Gasteiger partial charge in [-0.25, -0.2) is 0 Å². The molecular formula is C19H24N2. The summed E-state index contributed by atoms with van der Waals surface area (Å²) in [6, 6.07) is 18.2. The number of likely N-dealkylation sites (N-methyl/N-ethyl adjacent to an activating group) is 1. The predicted molar refractivity (Wildman–Crippen MR) is 90.0 cm³/mol. The fraction of sp³-hybridized carbons (Fsp3) is 0.368. The maximum Gasteiger partial charge on any atom is 0.0500 e. The van der Waals surface area contributed by atoms with Gasteiger partial charge in [0.1, 0.15) is 0 Å². The first-order valence-corrected chi connectivity index (χ1v) is 7.89. The highest BCUT2D eigenvalue weighted by Gasteiger charge is 2.20. The Kier molecular flexibility index (Phi) is 4.26. The molecule has 1 unspecified atom stereocenters. The topological polar surface area (TPSA) is 15.3 Å². The summed E-state index contributed by atoms with van der Waals surface area (Å²) < 4.78 is 0. The lowest BCUT2D eigenvalue weighted by atomic mass is 9.94. The molecule has 0 amide bonds. The first kappa shape index (κ1) is 14.2. The van der Waals surface area contributed by atoms with Crippen LogP contribution in [0.3, 0.4) is 0 Å². The SMILES string of the molecule is CCc1ccc(N(C)CC2NCCc3ccccc32)cc1. The molecule has 0 saturated heterocycles. The van der Waals surface area contributed by atoms with Gasteiger partial charge in [-0.1, -0.05) is 43.3 Å². The third kappa shape index (κ3) is 3.11. The van der Waals surface area contributed by atoms with Crippen LogP contribution in [0.15, 0.2) is 48.5 Å². The molecule has 3 rings (SSSR count). The van der Waals surface area contributed by atoms with Crippen LogP contribution in [0.5, 0.6) is 0 Å². The molecule has 1 aliphatic heterocycles. The van der Waals surface area contributed by atoms with Crippen molar-refractivity contribution < 1.29 is 0 Å². The summed E-state index contributed by atoms with van der Waals surface area (Å²) in [7, 11) is 2.18. The van der Waals surface area contributed by atoms with Crippen molar-refractivity contribution in [3.8, 4) is 0 Å². The second kappa shape index (κ2) is 6.31. The average molecular weight is 280 g/mol. The van der Waals surface area contributed by atoms with E-state index in [0.29, 0.717) is 6.04 Å². The Morgan fingerprint density at radius 2 is 1.86 bits per heavy atom. The van der Waals surface area contributed by atoms with Gasteiger partial charge < -0.3 is 10.2 Å². The third-order valence-corrected chi connectivity index (χ3v) is 4.46. The Hall–Kier alpha value is -1.80. The second-order valence-electron chi connectivity index (χ2n) is 5.86. The lowest BCUT2D eigenvalue weighted by Gasteiger charge is -2.31. The van der Waals surface area contributed by atoms with Crippen LogP contribution in [0, 0.1) is 0 Å². The van der Waals surface area contributed by atoms with Crippen LogP contribution >= 0.6 is 0 Å². The van der Waals surface area contributed by atoms with Crippen LogP contribution in [0.2, 0.25) is 0 Å². The molecule has 1 N–H and O–H groups in total. The number of hydrogen-bond acceptors (Lipinski definition) is 2. The number of hydrogen-bond donors (Lipinski definition) is 1. The van der Waals surface area contributed by atoms with E-state index in [2.05, 4.69) is 72.7 Å². The lowest BCUT2D eigenvalue weighted by molar-refractivity contribution is 0.505. The van der Waals surface area contributed by atoms with E-state index in [0.717, 1.165) is 25.9 Å². The predicted octanol–water partition coefficient (Wildman–Crippen LogP) is 3.57. The largest absolute Gasteiger partial charge is 0.373 e. The summed E-state index contributed by atoms with van der Waals surface area (Å²) in [5.74, 6) is 0. The normalized spacial score (nSPS) is 17.3. The number of nitrogens with one attached hydrogen (secondary N) is 1. The van der Waals surface area contributed by atoms with Gasteiger partial charge in [0.05, 0.1) is 6.04 Å². The maximum atomic E-state index is 3.66. The molecule has 1 heterocycles. The highest BCUT2D eigenvalue weighted by atomic mass is 15.1. The summed E-state index contributed by atoms with van der Waals surface area (Å²) in [5, 5.41) is 3.66. The fourth-order valence-corrected chi connectivity index (χ4v) is 3.12. The van der Waals surface area contributed by atoms with E-state index in [1.807, 2.05) is 0 Å². The number of aryl methyl sites for hydroxylation is 1. The van der Waals surface area contributed by atoms with Crippen molar-refractivity contribution in [3.63, 3.8) is 0 Å². The first-order chi connectivity index (χ1) is 10.3. The van der Waals surface area contributed by atoms with Crippen molar-refractivity contribution in [2.75, 3.05) is 25.0 Å². The lowest BCUT2D eigenvalue weighted by Crippen LogP contribution is -2.37. The molecule has 21 heavy (non-hydrogen) atoms. The number of fused-ring (bicyclic) bond motifs is 1. The third-order valence-electron chi connectivity index (χ3n) is 4.46. The Morgan fingerprint density at radius 3 is 2.62 bits per heavy atom. The van der Waals surface area contributed by atoms with Gasteiger partial charge in [-0.2, -0.15) is 0 Å². The highest BCUT2D eigenvalue weighted by molar-refractivity contribution is 5.47. The van der Waals surface area contributed by atoms with Crippen molar-refractivity contribution in [1.82, 2.24) is 5.32 Å². The van der Waals surface area contributed by atoms with Gasteiger partial charge in [0.25, 0.3) is 0 Å². The minimum absolute atomic E-state index is 0.422. The second-order valence-corrected chi connectivity index (χ2v) is 5.86.